The van der Waals surface area contributed by atoms with Gasteiger partial charge in [0.1, 0.15) is 6.07 Å². The molecule has 1 aliphatic rings. The number of nitrogens with zero attached hydrogens (tertiary/aromatic N) is 6. The maximum atomic E-state index is 11.9. The third kappa shape index (κ3) is 2.84. The van der Waals surface area contributed by atoms with Crippen molar-refractivity contribution in [1.82, 2.24) is 4.98 Å². The Kier molecular flexibility index (Phi) is 4.00. The van der Waals surface area contributed by atoms with Crippen molar-refractivity contribution in [3.05, 3.63) is 32.7 Å². The summed E-state index contributed by atoms with van der Waals surface area (Å²) in [5.74, 6) is 0.226. The van der Waals surface area contributed by atoms with E-state index in [9.17, 15) is 4.79 Å². The molecule has 0 spiro atoms. The molecule has 19 heavy (non-hydrogen) atoms. The van der Waals surface area contributed by atoms with Gasteiger partial charge in [-0.3, -0.25) is 9.69 Å². The highest BCUT2D eigenvalue weighted by atomic mass is 79.9. The number of rotatable bonds is 3. The summed E-state index contributed by atoms with van der Waals surface area (Å²) in [6.07, 6.45) is 1.85. The van der Waals surface area contributed by atoms with Gasteiger partial charge in [0.05, 0.1) is 5.56 Å². The Morgan fingerprint density at radius 3 is 3.21 bits per heavy atom. The number of anilines is 1. The highest BCUT2D eigenvalue weighted by Gasteiger charge is 2.32. The van der Waals surface area contributed by atoms with E-state index in [1.54, 1.807) is 12.3 Å². The fourth-order valence-electron chi connectivity index (χ4n) is 1.99. The summed E-state index contributed by atoms with van der Waals surface area (Å²) >= 11 is 3.23. The Hall–Kier alpha value is -2.10. The number of azide groups is 1. The minimum absolute atomic E-state index is 0.0274. The van der Waals surface area contributed by atoms with Crippen LogP contribution < -0.4 is 4.90 Å². The smallest absolute Gasteiger partial charge is 0.228 e. The Morgan fingerprint density at radius 1 is 1.74 bits per heavy atom. The van der Waals surface area contributed by atoms with Gasteiger partial charge in [-0.05, 0) is 33.4 Å². The predicted molar refractivity (Wildman–Crippen MR) is 71.1 cm³/mol. The molecule has 1 fully saturated rings. The summed E-state index contributed by atoms with van der Waals surface area (Å²) in [5, 5.41) is 12.6. The molecular formula is C11H9BrN6O. The zero-order valence-electron chi connectivity index (χ0n) is 9.82. The lowest BCUT2D eigenvalue weighted by atomic mass is 10.1. The normalized spacial score (nSPS) is 18.0. The van der Waals surface area contributed by atoms with E-state index in [1.165, 1.54) is 4.90 Å². The standard InChI is InChI=1S/C11H9BrN6O/c12-9-2-8(3-13)11(15-5-9)18-6-7(1-10(18)19)4-16-17-14/h2,5,7H,1,4,6H2. The molecule has 2 heterocycles. The molecule has 0 aliphatic carbocycles. The Balaban J connectivity index is 2.26. The van der Waals surface area contributed by atoms with Gasteiger partial charge in [-0.15, -0.1) is 0 Å². The van der Waals surface area contributed by atoms with Crippen molar-refractivity contribution >= 4 is 27.7 Å². The summed E-state index contributed by atoms with van der Waals surface area (Å²) in [7, 11) is 0. The first-order chi connectivity index (χ1) is 9.15. The van der Waals surface area contributed by atoms with Crippen LogP contribution in [0.15, 0.2) is 21.9 Å². The molecule has 96 valence electrons. The second-order valence-corrected chi connectivity index (χ2v) is 5.04. The largest absolute Gasteiger partial charge is 0.295 e. The van der Waals surface area contributed by atoms with Crippen LogP contribution in [0.25, 0.3) is 10.4 Å². The van der Waals surface area contributed by atoms with E-state index in [2.05, 4.69) is 30.9 Å². The van der Waals surface area contributed by atoms with Gasteiger partial charge in [0.15, 0.2) is 5.82 Å². The quantitative estimate of drug-likeness (QED) is 0.484. The summed E-state index contributed by atoms with van der Waals surface area (Å²) < 4.78 is 0.685. The van der Waals surface area contributed by atoms with E-state index in [4.69, 9.17) is 10.8 Å². The number of amides is 1. The lowest BCUT2D eigenvalue weighted by Gasteiger charge is -2.16. The van der Waals surface area contributed by atoms with Crippen LogP contribution in [0.5, 0.6) is 0 Å². The first-order valence-electron chi connectivity index (χ1n) is 5.52. The summed E-state index contributed by atoms with van der Waals surface area (Å²) in [6, 6.07) is 3.64. The van der Waals surface area contributed by atoms with Crippen LogP contribution in [0, 0.1) is 17.2 Å². The first kappa shape index (κ1) is 13.3. The van der Waals surface area contributed by atoms with E-state index in [-0.39, 0.29) is 18.4 Å². The van der Waals surface area contributed by atoms with E-state index >= 15 is 0 Å². The molecule has 1 saturated heterocycles. The highest BCUT2D eigenvalue weighted by Crippen LogP contribution is 2.27. The molecule has 1 aromatic rings. The van der Waals surface area contributed by atoms with Crippen LogP contribution in [0.4, 0.5) is 5.82 Å². The number of aromatic nitrogens is 1. The van der Waals surface area contributed by atoms with Crippen LogP contribution in [0.3, 0.4) is 0 Å². The second kappa shape index (κ2) is 5.69. The Morgan fingerprint density at radius 2 is 2.53 bits per heavy atom. The predicted octanol–water partition coefficient (Wildman–Crippen LogP) is 2.38. The molecule has 8 heteroatoms. The fourth-order valence-corrected chi connectivity index (χ4v) is 2.32. The van der Waals surface area contributed by atoms with Gasteiger partial charge in [0.25, 0.3) is 0 Å². The zero-order valence-corrected chi connectivity index (χ0v) is 11.4. The van der Waals surface area contributed by atoms with Crippen LogP contribution in [0.1, 0.15) is 12.0 Å². The van der Waals surface area contributed by atoms with Gasteiger partial charge in [-0.1, -0.05) is 5.11 Å². The highest BCUT2D eigenvalue weighted by molar-refractivity contribution is 9.10. The lowest BCUT2D eigenvalue weighted by molar-refractivity contribution is -0.117. The van der Waals surface area contributed by atoms with E-state index in [0.29, 0.717) is 28.8 Å². The maximum Gasteiger partial charge on any atom is 0.228 e. The van der Waals surface area contributed by atoms with E-state index < -0.39 is 0 Å². The molecule has 0 saturated carbocycles. The van der Waals surface area contributed by atoms with Crippen molar-refractivity contribution in [2.45, 2.75) is 6.42 Å². The number of hydrogen-bond acceptors (Lipinski definition) is 4. The van der Waals surface area contributed by atoms with Crippen molar-refractivity contribution in [3.63, 3.8) is 0 Å². The molecule has 0 radical (unpaired) electrons. The minimum Gasteiger partial charge on any atom is -0.295 e. The van der Waals surface area contributed by atoms with Crippen molar-refractivity contribution < 1.29 is 4.79 Å². The van der Waals surface area contributed by atoms with Gasteiger partial charge in [-0.2, -0.15) is 5.26 Å². The minimum atomic E-state index is -0.107. The average molecular weight is 321 g/mol. The molecule has 0 bridgehead atoms. The molecule has 2 rings (SSSR count). The van der Waals surface area contributed by atoms with Crippen LogP contribution >= 0.6 is 15.9 Å². The van der Waals surface area contributed by atoms with Gasteiger partial charge in [0, 0.05) is 35.1 Å². The summed E-state index contributed by atoms with van der Waals surface area (Å²) in [6.45, 7) is 0.693. The number of carbonyl (C=O) groups excluding carboxylic acids is 1. The number of nitriles is 1. The monoisotopic (exact) mass is 320 g/mol. The Labute approximate surface area is 117 Å². The topological polar surface area (TPSA) is 106 Å². The van der Waals surface area contributed by atoms with Crippen molar-refractivity contribution in [2.75, 3.05) is 18.0 Å². The van der Waals surface area contributed by atoms with Gasteiger partial charge in [-0.25, -0.2) is 4.98 Å². The summed E-state index contributed by atoms with van der Waals surface area (Å²) in [5.41, 5.74) is 8.63. The third-order valence-electron chi connectivity index (χ3n) is 2.82. The fraction of sp³-hybridized carbons (Fsp3) is 0.364. The average Bonchev–Trinajstić information content (AvgIpc) is 2.77. The molecule has 1 amide bonds. The second-order valence-electron chi connectivity index (χ2n) is 4.12. The molecule has 1 aliphatic heterocycles. The van der Waals surface area contributed by atoms with E-state index in [0.717, 1.165) is 0 Å². The van der Waals surface area contributed by atoms with Gasteiger partial charge >= 0.3 is 0 Å². The molecule has 0 aromatic carbocycles. The molecule has 7 nitrogen and oxygen atoms in total. The molecule has 1 atom stereocenters. The third-order valence-corrected chi connectivity index (χ3v) is 3.25. The molecular weight excluding hydrogens is 312 g/mol. The molecule has 0 N–H and O–H groups in total. The molecule has 1 unspecified atom stereocenters. The van der Waals surface area contributed by atoms with Gasteiger partial charge in [0.2, 0.25) is 5.91 Å². The number of hydrogen-bond donors (Lipinski definition) is 0. The maximum absolute atomic E-state index is 11.9. The van der Waals surface area contributed by atoms with Crippen LogP contribution in [0.2, 0.25) is 0 Å². The van der Waals surface area contributed by atoms with Crippen molar-refractivity contribution in [1.29, 1.82) is 5.26 Å². The zero-order chi connectivity index (χ0) is 13.8. The summed E-state index contributed by atoms with van der Waals surface area (Å²) in [4.78, 5) is 20.2. The number of halogens is 1. The van der Waals surface area contributed by atoms with Crippen molar-refractivity contribution in [2.24, 2.45) is 11.0 Å². The lowest BCUT2D eigenvalue weighted by Crippen LogP contribution is -2.26. The van der Waals surface area contributed by atoms with Crippen LogP contribution in [-0.2, 0) is 4.79 Å². The van der Waals surface area contributed by atoms with Crippen molar-refractivity contribution in [3.8, 4) is 6.07 Å². The first-order valence-corrected chi connectivity index (χ1v) is 6.32. The van der Waals surface area contributed by atoms with Crippen LogP contribution in [-0.4, -0.2) is 24.0 Å². The number of pyridine rings is 1. The SMILES string of the molecule is N#Cc1cc(Br)cnc1N1CC(CN=[N+]=[N-])CC1=O. The van der Waals surface area contributed by atoms with E-state index in [1.807, 2.05) is 6.07 Å². The molecule has 1 aromatic heterocycles. The number of carbonyl (C=O) groups is 1. The Bertz CT molecular complexity index is 604. The van der Waals surface area contributed by atoms with Gasteiger partial charge < -0.3 is 0 Å².